The zero-order chi connectivity index (χ0) is 30.3. The van der Waals surface area contributed by atoms with E-state index in [0.717, 1.165) is 29.7 Å². The van der Waals surface area contributed by atoms with E-state index in [4.69, 9.17) is 9.47 Å². The molecule has 3 heterocycles. The van der Waals surface area contributed by atoms with Crippen LogP contribution in [-0.4, -0.2) is 59.3 Å². The molecule has 2 bridgehead atoms. The zero-order valence-corrected chi connectivity index (χ0v) is 26.1. The second-order valence-corrected chi connectivity index (χ2v) is 13.2. The minimum atomic E-state index is -1.22. The summed E-state index contributed by atoms with van der Waals surface area (Å²) in [6, 6.07) is 14.3. The minimum Gasteiger partial charge on any atom is -0.494 e. The summed E-state index contributed by atoms with van der Waals surface area (Å²) in [5.74, 6) is -0.836. The van der Waals surface area contributed by atoms with Crippen LogP contribution in [0.15, 0.2) is 65.6 Å². The molecule has 0 radical (unpaired) electrons. The Balaban J connectivity index is 1.34. The molecule has 2 saturated heterocycles. The number of amides is 3. The number of rotatable bonds is 9. The van der Waals surface area contributed by atoms with Gasteiger partial charge in [0.1, 0.15) is 17.4 Å². The Labute approximate surface area is 257 Å². The number of carbonyl (C=O) groups excluding carboxylic acids is 3. The number of para-hydroxylation sites is 1. The predicted octanol–water partition coefficient (Wildman–Crippen LogP) is 5.04. The third-order valence-corrected chi connectivity index (χ3v) is 10.6. The van der Waals surface area contributed by atoms with E-state index in [2.05, 4.69) is 24.5 Å². The molecule has 8 nitrogen and oxygen atoms in total. The van der Waals surface area contributed by atoms with Crippen molar-refractivity contribution < 1.29 is 23.9 Å². The van der Waals surface area contributed by atoms with Crippen molar-refractivity contribution in [3.05, 3.63) is 66.2 Å². The smallest absolute Gasteiger partial charge is 0.246 e. The van der Waals surface area contributed by atoms with Gasteiger partial charge in [0.15, 0.2) is 0 Å². The largest absolute Gasteiger partial charge is 0.494 e. The average Bonchev–Trinajstić information content (AvgIpc) is 3.64. The summed E-state index contributed by atoms with van der Waals surface area (Å²) in [5, 5.41) is 6.35. The fourth-order valence-electron chi connectivity index (χ4n) is 7.53. The van der Waals surface area contributed by atoms with Crippen molar-refractivity contribution in [1.82, 2.24) is 10.2 Å². The molecule has 43 heavy (non-hydrogen) atoms. The number of anilines is 1. The van der Waals surface area contributed by atoms with Gasteiger partial charge in [-0.05, 0) is 55.7 Å². The summed E-state index contributed by atoms with van der Waals surface area (Å²) in [7, 11) is 0. The van der Waals surface area contributed by atoms with Gasteiger partial charge in [-0.25, -0.2) is 0 Å². The quantitative estimate of drug-likeness (QED) is 0.308. The van der Waals surface area contributed by atoms with Crippen molar-refractivity contribution in [3.8, 4) is 5.75 Å². The Morgan fingerprint density at radius 1 is 1.12 bits per heavy atom. The summed E-state index contributed by atoms with van der Waals surface area (Å²) < 4.78 is 12.4. The molecule has 6 rings (SSSR count). The van der Waals surface area contributed by atoms with E-state index in [1.54, 1.807) is 16.7 Å². The van der Waals surface area contributed by atoms with Crippen LogP contribution in [0.2, 0.25) is 0 Å². The first-order chi connectivity index (χ1) is 20.8. The molecule has 3 fully saturated rings. The van der Waals surface area contributed by atoms with Crippen molar-refractivity contribution in [1.29, 1.82) is 0 Å². The lowest BCUT2D eigenvalue weighted by Gasteiger charge is -2.38. The van der Waals surface area contributed by atoms with E-state index in [9.17, 15) is 14.4 Å². The van der Waals surface area contributed by atoms with Crippen molar-refractivity contribution in [2.24, 2.45) is 23.7 Å². The molecule has 1 aliphatic carbocycles. The number of fused-ring (bicyclic) bond motifs is 1. The van der Waals surface area contributed by atoms with Gasteiger partial charge in [-0.15, -0.1) is 11.8 Å². The third-order valence-electron chi connectivity index (χ3n) is 9.91. The first-order valence-electron chi connectivity index (χ1n) is 15.4. The molecule has 3 aliphatic heterocycles. The van der Waals surface area contributed by atoms with Crippen molar-refractivity contribution >= 4 is 35.2 Å². The van der Waals surface area contributed by atoms with E-state index >= 15 is 0 Å². The number of likely N-dealkylation sites (tertiary alicyclic amines) is 1. The summed E-state index contributed by atoms with van der Waals surface area (Å²) in [5.41, 5.74) is 0.249. The number of benzene rings is 2. The van der Waals surface area contributed by atoms with Crippen molar-refractivity contribution in [2.75, 3.05) is 18.2 Å². The Kier molecular flexibility index (Phi) is 8.31. The highest BCUT2D eigenvalue weighted by atomic mass is 32.2. The van der Waals surface area contributed by atoms with Crippen LogP contribution in [0.1, 0.15) is 45.6 Å². The van der Waals surface area contributed by atoms with Crippen molar-refractivity contribution in [3.63, 3.8) is 0 Å². The van der Waals surface area contributed by atoms with Gasteiger partial charge in [0.05, 0.1) is 31.1 Å². The van der Waals surface area contributed by atoms with Crippen LogP contribution in [0.4, 0.5) is 5.69 Å². The molecule has 2 aromatic carbocycles. The number of thioether (sulfide) groups is 1. The lowest BCUT2D eigenvalue weighted by Crippen LogP contribution is -2.57. The second kappa shape index (κ2) is 12.0. The molecule has 4 aliphatic rings. The monoisotopic (exact) mass is 603 g/mol. The lowest BCUT2D eigenvalue weighted by molar-refractivity contribution is -0.142. The molecule has 1 saturated carbocycles. The molecule has 6 unspecified atom stereocenters. The molecule has 2 aromatic rings. The Morgan fingerprint density at radius 3 is 2.72 bits per heavy atom. The fourth-order valence-corrected chi connectivity index (χ4v) is 7.99. The highest BCUT2D eigenvalue weighted by molar-refractivity contribution is 7.98. The summed E-state index contributed by atoms with van der Waals surface area (Å²) in [6.45, 7) is 6.99. The van der Waals surface area contributed by atoms with E-state index in [0.29, 0.717) is 29.9 Å². The molecule has 9 heteroatoms. The van der Waals surface area contributed by atoms with E-state index in [1.165, 1.54) is 0 Å². The second-order valence-electron chi connectivity index (χ2n) is 12.3. The summed E-state index contributed by atoms with van der Waals surface area (Å²) >= 11 is 1.59. The first kappa shape index (κ1) is 29.8. The number of carbonyl (C=O) groups is 3. The predicted molar refractivity (Wildman–Crippen MR) is 167 cm³/mol. The van der Waals surface area contributed by atoms with Gasteiger partial charge in [-0.3, -0.25) is 14.4 Å². The third kappa shape index (κ3) is 5.24. The van der Waals surface area contributed by atoms with E-state index in [1.807, 2.05) is 73.9 Å². The SMILES string of the molecule is CCOc1ccccc1CN1C(=O)[C@@H]2C(C(=O)Nc3cccc(SC)c3)[C@@H]3C=CC2(O3)C1C(=O)NC1CCCC(C)C1C. The van der Waals surface area contributed by atoms with E-state index < -0.39 is 29.6 Å². The Bertz CT molecular complexity index is 1430. The Morgan fingerprint density at radius 2 is 1.93 bits per heavy atom. The van der Waals surface area contributed by atoms with Gasteiger partial charge >= 0.3 is 0 Å². The van der Waals surface area contributed by atoms with Crippen LogP contribution in [0, 0.1) is 23.7 Å². The molecule has 2 N–H and O–H groups in total. The average molecular weight is 604 g/mol. The van der Waals surface area contributed by atoms with Crippen LogP contribution < -0.4 is 15.4 Å². The van der Waals surface area contributed by atoms with Crippen LogP contribution in [0.25, 0.3) is 0 Å². The van der Waals surface area contributed by atoms with Gasteiger partial charge in [0.25, 0.3) is 0 Å². The molecule has 8 atom stereocenters. The van der Waals surface area contributed by atoms with Gasteiger partial charge in [-0.1, -0.05) is 63.1 Å². The maximum atomic E-state index is 14.4. The fraction of sp³-hybridized carbons (Fsp3) is 0.500. The molecule has 1 spiro atoms. The highest BCUT2D eigenvalue weighted by Crippen LogP contribution is 2.55. The number of ether oxygens (including phenoxy) is 2. The molecular weight excluding hydrogens is 562 g/mol. The Hall–Kier alpha value is -3.30. The number of hydrogen-bond acceptors (Lipinski definition) is 6. The topological polar surface area (TPSA) is 97.0 Å². The van der Waals surface area contributed by atoms with Crippen LogP contribution in [0.5, 0.6) is 5.75 Å². The van der Waals surface area contributed by atoms with Gasteiger partial charge < -0.3 is 25.0 Å². The summed E-state index contributed by atoms with van der Waals surface area (Å²) in [4.78, 5) is 45.3. The maximum Gasteiger partial charge on any atom is 0.246 e. The molecule has 3 amide bonds. The zero-order valence-electron chi connectivity index (χ0n) is 25.2. The number of nitrogens with zero attached hydrogens (tertiary/aromatic N) is 1. The molecule has 0 aromatic heterocycles. The number of nitrogens with one attached hydrogen (secondary N) is 2. The van der Waals surface area contributed by atoms with Gasteiger partial charge in [0.2, 0.25) is 17.7 Å². The highest BCUT2D eigenvalue weighted by Gasteiger charge is 2.72. The van der Waals surface area contributed by atoms with E-state index in [-0.39, 0.29) is 30.3 Å². The summed E-state index contributed by atoms with van der Waals surface area (Å²) in [6.07, 6.45) is 8.22. The molecule has 228 valence electrons. The van der Waals surface area contributed by atoms with Crippen LogP contribution in [0.3, 0.4) is 0 Å². The van der Waals surface area contributed by atoms with Gasteiger partial charge in [-0.2, -0.15) is 0 Å². The van der Waals surface area contributed by atoms with Crippen molar-refractivity contribution in [2.45, 2.75) is 75.3 Å². The maximum absolute atomic E-state index is 14.4. The first-order valence-corrected chi connectivity index (χ1v) is 16.6. The van der Waals surface area contributed by atoms with Crippen LogP contribution >= 0.6 is 11.8 Å². The van der Waals surface area contributed by atoms with Gasteiger partial charge in [0, 0.05) is 22.2 Å². The minimum absolute atomic E-state index is 0.0183. The van der Waals surface area contributed by atoms with Crippen LogP contribution in [-0.2, 0) is 25.7 Å². The lowest BCUT2D eigenvalue weighted by atomic mass is 9.73. The number of hydrogen-bond donors (Lipinski definition) is 2. The molecular formula is C34H41N3O5S. The normalized spacial score (nSPS) is 32.5. The standard InChI is InChI=1S/C34H41N3O5S/c1-5-41-26-15-7-6-11-22(26)19-37-30(32(39)36-25-14-8-10-20(2)21(25)3)34-17-16-27(42-34)28(29(34)33(37)40)31(38)35-23-12-9-13-24(18-23)43-4/h6-7,9,11-13,15-18,20-21,25,27-30H,5,8,10,14,19H2,1-4H3,(H,35,38)(H,36,39)/t20?,21?,25?,27-,28?,29-,30?,34?/m0/s1.